The van der Waals surface area contributed by atoms with Crippen LogP contribution in [0.4, 0.5) is 15.8 Å². The molecule has 2 rings (SSSR count). The molecule has 0 atom stereocenters. The third-order valence-corrected chi connectivity index (χ3v) is 2.81. The van der Waals surface area contributed by atoms with Gasteiger partial charge >= 0.3 is 0 Å². The molecule has 2 aromatic carbocycles. The molecule has 0 spiro atoms. The van der Waals surface area contributed by atoms with Gasteiger partial charge in [0.1, 0.15) is 6.42 Å². The summed E-state index contributed by atoms with van der Waals surface area (Å²) in [5.41, 5.74) is 0.867. The van der Waals surface area contributed by atoms with Gasteiger partial charge in [-0.2, -0.15) is 0 Å². The lowest BCUT2D eigenvalue weighted by Crippen LogP contribution is -2.21. The summed E-state index contributed by atoms with van der Waals surface area (Å²) in [6, 6.07) is 12.8. The number of hydrogen-bond donors (Lipinski definition) is 2. The lowest BCUT2D eigenvalue weighted by Gasteiger charge is -2.08. The maximum absolute atomic E-state index is 13.5. The molecule has 2 N–H and O–H groups in total. The first kappa shape index (κ1) is 15.5. The minimum Gasteiger partial charge on any atom is -0.494 e. The second kappa shape index (κ2) is 7.21. The van der Waals surface area contributed by atoms with Crippen LogP contribution < -0.4 is 15.4 Å². The van der Waals surface area contributed by atoms with E-state index in [4.69, 9.17) is 4.74 Å². The van der Waals surface area contributed by atoms with Gasteiger partial charge < -0.3 is 15.4 Å². The fraction of sp³-hybridized carbons (Fsp3) is 0.125. The Morgan fingerprint density at radius 3 is 2.23 bits per heavy atom. The van der Waals surface area contributed by atoms with Crippen molar-refractivity contribution in [2.24, 2.45) is 0 Å². The second-order valence-corrected chi connectivity index (χ2v) is 4.49. The molecule has 0 aliphatic heterocycles. The molecule has 0 bridgehead atoms. The van der Waals surface area contributed by atoms with Gasteiger partial charge in [0.05, 0.1) is 7.11 Å². The number of rotatable bonds is 5. The number of methoxy groups -OCH3 is 1. The van der Waals surface area contributed by atoms with Gasteiger partial charge in [0.2, 0.25) is 11.8 Å². The summed E-state index contributed by atoms with van der Waals surface area (Å²) in [7, 11) is 1.35. The molecular weight excluding hydrogens is 287 g/mol. The molecule has 0 fully saturated rings. The van der Waals surface area contributed by atoms with Crippen LogP contribution in [0.5, 0.6) is 5.75 Å². The van der Waals surface area contributed by atoms with E-state index in [-0.39, 0.29) is 17.9 Å². The van der Waals surface area contributed by atoms with Gasteiger partial charge in [-0.25, -0.2) is 4.39 Å². The minimum absolute atomic E-state index is 0.0832. The number of hydrogen-bond acceptors (Lipinski definition) is 3. The summed E-state index contributed by atoms with van der Waals surface area (Å²) in [6.07, 6.45) is -0.359. The van der Waals surface area contributed by atoms with E-state index in [0.717, 1.165) is 6.07 Å². The van der Waals surface area contributed by atoms with Gasteiger partial charge in [-0.05, 0) is 24.3 Å². The van der Waals surface area contributed by atoms with Crippen molar-refractivity contribution in [3.63, 3.8) is 0 Å². The highest BCUT2D eigenvalue weighted by molar-refractivity contribution is 6.08. The summed E-state index contributed by atoms with van der Waals surface area (Å²) < 4.78 is 18.3. The van der Waals surface area contributed by atoms with Crippen LogP contribution in [0.25, 0.3) is 0 Å². The van der Waals surface area contributed by atoms with E-state index in [9.17, 15) is 14.0 Å². The SMILES string of the molecule is COc1ccc(NC(=O)CC(=O)Nc2ccccc2)cc1F. The van der Waals surface area contributed by atoms with E-state index in [2.05, 4.69) is 10.6 Å². The van der Waals surface area contributed by atoms with Crippen LogP contribution in [0.2, 0.25) is 0 Å². The van der Waals surface area contributed by atoms with Crippen LogP contribution in [0, 0.1) is 5.82 Å². The van der Waals surface area contributed by atoms with Crippen molar-refractivity contribution in [1.29, 1.82) is 0 Å². The Labute approximate surface area is 127 Å². The molecular formula is C16H15FN2O3. The molecule has 22 heavy (non-hydrogen) atoms. The van der Waals surface area contributed by atoms with Gasteiger partial charge in [0.15, 0.2) is 11.6 Å². The van der Waals surface area contributed by atoms with E-state index in [1.165, 1.54) is 19.2 Å². The third kappa shape index (κ3) is 4.31. The number of amides is 2. The molecule has 0 heterocycles. The number of carbonyl (C=O) groups is 2. The summed E-state index contributed by atoms with van der Waals surface area (Å²) in [5.74, 6) is -1.48. The molecule has 0 aliphatic rings. The summed E-state index contributed by atoms with van der Waals surface area (Å²) in [4.78, 5) is 23.5. The highest BCUT2D eigenvalue weighted by Crippen LogP contribution is 2.20. The predicted octanol–water partition coefficient (Wildman–Crippen LogP) is 2.80. The van der Waals surface area contributed by atoms with Crippen LogP contribution in [0.3, 0.4) is 0 Å². The average molecular weight is 302 g/mol. The van der Waals surface area contributed by atoms with Crippen molar-refractivity contribution in [3.05, 3.63) is 54.3 Å². The van der Waals surface area contributed by atoms with Gasteiger partial charge in [0, 0.05) is 17.4 Å². The molecule has 6 heteroatoms. The van der Waals surface area contributed by atoms with E-state index >= 15 is 0 Å². The van der Waals surface area contributed by atoms with Crippen molar-refractivity contribution in [2.75, 3.05) is 17.7 Å². The van der Waals surface area contributed by atoms with Crippen molar-refractivity contribution in [1.82, 2.24) is 0 Å². The number of halogens is 1. The van der Waals surface area contributed by atoms with Crippen LogP contribution in [0.15, 0.2) is 48.5 Å². The summed E-state index contributed by atoms with van der Waals surface area (Å²) >= 11 is 0. The Kier molecular flexibility index (Phi) is 5.08. The van der Waals surface area contributed by atoms with Crippen LogP contribution in [-0.4, -0.2) is 18.9 Å². The zero-order chi connectivity index (χ0) is 15.9. The fourth-order valence-corrected chi connectivity index (χ4v) is 1.82. The molecule has 2 amide bonds. The molecule has 0 saturated heterocycles. The molecule has 0 aromatic heterocycles. The van der Waals surface area contributed by atoms with Crippen LogP contribution >= 0.6 is 0 Å². The quantitative estimate of drug-likeness (QED) is 0.835. The molecule has 0 unspecified atom stereocenters. The summed E-state index contributed by atoms with van der Waals surface area (Å²) in [6.45, 7) is 0. The Morgan fingerprint density at radius 2 is 1.64 bits per heavy atom. The van der Waals surface area contributed by atoms with Crippen LogP contribution in [0.1, 0.15) is 6.42 Å². The lowest BCUT2D eigenvalue weighted by atomic mass is 10.2. The van der Waals surface area contributed by atoms with Gasteiger partial charge in [0.25, 0.3) is 0 Å². The second-order valence-electron chi connectivity index (χ2n) is 4.49. The highest BCUT2D eigenvalue weighted by atomic mass is 19.1. The molecule has 0 radical (unpaired) electrons. The standard InChI is InChI=1S/C16H15FN2O3/c1-22-14-8-7-12(9-13(14)17)19-16(21)10-15(20)18-11-5-3-2-4-6-11/h2-9H,10H2,1H3,(H,18,20)(H,19,21). The Morgan fingerprint density at radius 1 is 1.00 bits per heavy atom. The van der Waals surface area contributed by atoms with E-state index < -0.39 is 17.6 Å². The smallest absolute Gasteiger partial charge is 0.233 e. The van der Waals surface area contributed by atoms with E-state index in [1.807, 2.05) is 6.07 Å². The zero-order valence-corrected chi connectivity index (χ0v) is 11.9. The Bertz CT molecular complexity index is 674. The lowest BCUT2D eigenvalue weighted by molar-refractivity contribution is -0.123. The molecule has 0 aliphatic carbocycles. The number of anilines is 2. The van der Waals surface area contributed by atoms with Gasteiger partial charge in [-0.3, -0.25) is 9.59 Å². The number of para-hydroxylation sites is 1. The molecule has 2 aromatic rings. The maximum Gasteiger partial charge on any atom is 0.233 e. The number of benzene rings is 2. The normalized spacial score (nSPS) is 9.91. The topological polar surface area (TPSA) is 67.4 Å². The highest BCUT2D eigenvalue weighted by Gasteiger charge is 2.11. The van der Waals surface area contributed by atoms with E-state index in [0.29, 0.717) is 5.69 Å². The third-order valence-electron chi connectivity index (χ3n) is 2.81. The molecule has 0 saturated carbocycles. The maximum atomic E-state index is 13.5. The predicted molar refractivity (Wildman–Crippen MR) is 81.3 cm³/mol. The van der Waals surface area contributed by atoms with Gasteiger partial charge in [-0.1, -0.05) is 18.2 Å². The van der Waals surface area contributed by atoms with E-state index in [1.54, 1.807) is 24.3 Å². The fourth-order valence-electron chi connectivity index (χ4n) is 1.82. The largest absolute Gasteiger partial charge is 0.494 e. The van der Waals surface area contributed by atoms with Crippen molar-refractivity contribution in [3.8, 4) is 5.75 Å². The minimum atomic E-state index is -0.589. The monoisotopic (exact) mass is 302 g/mol. The molecule has 114 valence electrons. The number of carbonyl (C=O) groups excluding carboxylic acids is 2. The van der Waals surface area contributed by atoms with Crippen LogP contribution in [-0.2, 0) is 9.59 Å². The first-order valence-electron chi connectivity index (χ1n) is 6.57. The Balaban J connectivity index is 1.90. The van der Waals surface area contributed by atoms with Crippen molar-refractivity contribution in [2.45, 2.75) is 6.42 Å². The zero-order valence-electron chi connectivity index (χ0n) is 11.9. The molecule has 5 nitrogen and oxygen atoms in total. The number of ether oxygens (including phenoxy) is 1. The summed E-state index contributed by atoms with van der Waals surface area (Å²) in [5, 5.41) is 5.05. The first-order chi connectivity index (χ1) is 10.6. The number of nitrogens with one attached hydrogen (secondary N) is 2. The Hall–Kier alpha value is -2.89. The first-order valence-corrected chi connectivity index (χ1v) is 6.57. The average Bonchev–Trinajstić information content (AvgIpc) is 2.48. The van der Waals surface area contributed by atoms with Gasteiger partial charge in [-0.15, -0.1) is 0 Å². The van der Waals surface area contributed by atoms with Crippen molar-refractivity contribution < 1.29 is 18.7 Å². The van der Waals surface area contributed by atoms with Crippen molar-refractivity contribution >= 4 is 23.2 Å².